The van der Waals surface area contributed by atoms with Crippen molar-refractivity contribution in [3.8, 4) is 0 Å². The molecule has 0 bridgehead atoms. The minimum absolute atomic E-state index is 0.0632. The maximum absolute atomic E-state index is 13.4. The molecule has 0 aliphatic rings. The van der Waals surface area contributed by atoms with Gasteiger partial charge in [-0.05, 0) is 42.3 Å². The maximum atomic E-state index is 13.4. The summed E-state index contributed by atoms with van der Waals surface area (Å²) < 4.78 is 64.1. The van der Waals surface area contributed by atoms with Gasteiger partial charge >= 0.3 is 6.18 Å². The summed E-state index contributed by atoms with van der Waals surface area (Å²) >= 11 is 0. The van der Waals surface area contributed by atoms with Crippen LogP contribution in [0.5, 0.6) is 0 Å². The molecule has 0 aliphatic heterocycles. The van der Waals surface area contributed by atoms with E-state index in [9.17, 15) is 22.0 Å². The van der Waals surface area contributed by atoms with E-state index in [4.69, 9.17) is 0 Å². The molecule has 0 N–H and O–H groups in total. The van der Waals surface area contributed by atoms with E-state index in [-0.39, 0.29) is 12.0 Å². The summed E-state index contributed by atoms with van der Waals surface area (Å²) in [5.74, 6) is -3.22. The first-order valence-corrected chi connectivity index (χ1v) is 5.74. The van der Waals surface area contributed by atoms with Gasteiger partial charge in [-0.15, -0.1) is 0 Å². The minimum Gasteiger partial charge on any atom is -0.261 e. The van der Waals surface area contributed by atoms with Crippen LogP contribution >= 0.6 is 0 Å². The van der Waals surface area contributed by atoms with Crippen molar-refractivity contribution in [1.82, 2.24) is 4.98 Å². The fourth-order valence-corrected chi connectivity index (χ4v) is 1.90. The van der Waals surface area contributed by atoms with Gasteiger partial charge in [0.15, 0.2) is 0 Å². The number of benzene rings is 1. The van der Waals surface area contributed by atoms with E-state index in [1.165, 1.54) is 6.20 Å². The van der Waals surface area contributed by atoms with Crippen LogP contribution in [0.4, 0.5) is 22.0 Å². The van der Waals surface area contributed by atoms with E-state index in [0.717, 1.165) is 5.56 Å². The van der Waals surface area contributed by atoms with Crippen LogP contribution < -0.4 is 0 Å². The summed E-state index contributed by atoms with van der Waals surface area (Å²) in [5, 5.41) is 0. The van der Waals surface area contributed by atoms with Crippen molar-refractivity contribution in [2.24, 2.45) is 0 Å². The molecule has 1 nitrogen and oxygen atoms in total. The van der Waals surface area contributed by atoms with Crippen molar-refractivity contribution in [3.05, 3.63) is 64.5 Å². The molecule has 0 saturated heterocycles. The summed E-state index contributed by atoms with van der Waals surface area (Å²) in [5.41, 5.74) is -0.323. The number of hydrogen-bond acceptors (Lipinski definition) is 1. The van der Waals surface area contributed by atoms with Crippen LogP contribution in [0.2, 0.25) is 0 Å². The maximum Gasteiger partial charge on any atom is 0.422 e. The molecule has 1 heterocycles. The van der Waals surface area contributed by atoms with Crippen LogP contribution in [0.25, 0.3) is 0 Å². The molecule has 0 aliphatic carbocycles. The van der Waals surface area contributed by atoms with Gasteiger partial charge in [0.25, 0.3) is 0 Å². The second-order valence-corrected chi connectivity index (χ2v) is 4.43. The fraction of sp³-hybridized carbons (Fsp3) is 0.214. The van der Waals surface area contributed by atoms with Crippen molar-refractivity contribution >= 4 is 0 Å². The Labute approximate surface area is 112 Å². The SMILES string of the molecule is Cc1ccnc(Cc2cc(F)c(C(F)(F)F)c(F)c2)c1. The third-order valence-electron chi connectivity index (χ3n) is 2.74. The highest BCUT2D eigenvalue weighted by Crippen LogP contribution is 2.34. The molecule has 106 valence electrons. The van der Waals surface area contributed by atoms with E-state index in [2.05, 4.69) is 4.98 Å². The number of halogens is 5. The Hall–Kier alpha value is -1.98. The zero-order chi connectivity index (χ0) is 14.9. The summed E-state index contributed by atoms with van der Waals surface area (Å²) in [7, 11) is 0. The van der Waals surface area contributed by atoms with Gasteiger partial charge in [0.1, 0.15) is 17.2 Å². The third-order valence-corrected chi connectivity index (χ3v) is 2.74. The van der Waals surface area contributed by atoms with E-state index >= 15 is 0 Å². The average molecular weight is 287 g/mol. The highest BCUT2D eigenvalue weighted by atomic mass is 19.4. The molecule has 20 heavy (non-hydrogen) atoms. The van der Waals surface area contributed by atoms with Gasteiger partial charge in [0.2, 0.25) is 0 Å². The Kier molecular flexibility index (Phi) is 3.74. The zero-order valence-electron chi connectivity index (χ0n) is 10.4. The van der Waals surface area contributed by atoms with Crippen LogP contribution in [0.1, 0.15) is 22.4 Å². The molecule has 2 rings (SSSR count). The molecular weight excluding hydrogens is 277 g/mol. The second kappa shape index (κ2) is 5.19. The minimum atomic E-state index is -5.05. The number of rotatable bonds is 2. The molecule has 0 atom stereocenters. The number of pyridine rings is 1. The summed E-state index contributed by atoms with van der Waals surface area (Å²) in [4.78, 5) is 4.00. The standard InChI is InChI=1S/C14H10F5N/c1-8-2-3-20-10(4-8)5-9-6-11(15)13(12(16)7-9)14(17,18)19/h2-4,6-7H,5H2,1H3. The third kappa shape index (κ3) is 3.12. The van der Waals surface area contributed by atoms with Gasteiger partial charge in [-0.2, -0.15) is 13.2 Å². The van der Waals surface area contributed by atoms with Crippen molar-refractivity contribution in [1.29, 1.82) is 0 Å². The predicted octanol–water partition coefficient (Wildman–Crippen LogP) is 4.28. The molecule has 6 heteroatoms. The second-order valence-electron chi connectivity index (χ2n) is 4.43. The largest absolute Gasteiger partial charge is 0.422 e. The normalized spacial score (nSPS) is 11.7. The van der Waals surface area contributed by atoms with Gasteiger partial charge in [-0.3, -0.25) is 4.98 Å². The Balaban J connectivity index is 2.36. The highest BCUT2D eigenvalue weighted by Gasteiger charge is 2.37. The number of aryl methyl sites for hydroxylation is 1. The molecule has 1 aromatic carbocycles. The van der Waals surface area contributed by atoms with Crippen LogP contribution in [0.3, 0.4) is 0 Å². The first-order chi connectivity index (χ1) is 9.27. The van der Waals surface area contributed by atoms with Gasteiger partial charge in [-0.25, -0.2) is 8.78 Å². The van der Waals surface area contributed by atoms with Crippen LogP contribution in [0, 0.1) is 18.6 Å². The lowest BCUT2D eigenvalue weighted by atomic mass is 10.0. The van der Waals surface area contributed by atoms with Crippen molar-refractivity contribution in [2.75, 3.05) is 0 Å². The van der Waals surface area contributed by atoms with Crippen molar-refractivity contribution in [3.63, 3.8) is 0 Å². The van der Waals surface area contributed by atoms with E-state index in [1.807, 2.05) is 6.92 Å². The van der Waals surface area contributed by atoms with Crippen LogP contribution in [-0.2, 0) is 12.6 Å². The van der Waals surface area contributed by atoms with Crippen LogP contribution in [-0.4, -0.2) is 4.98 Å². The molecule has 0 spiro atoms. The first kappa shape index (κ1) is 14.4. The van der Waals surface area contributed by atoms with E-state index in [1.54, 1.807) is 12.1 Å². The van der Waals surface area contributed by atoms with Gasteiger partial charge in [0, 0.05) is 18.3 Å². The Morgan fingerprint density at radius 1 is 1.05 bits per heavy atom. The molecule has 0 saturated carbocycles. The van der Waals surface area contributed by atoms with Gasteiger partial charge in [-0.1, -0.05) is 0 Å². The van der Waals surface area contributed by atoms with Gasteiger partial charge in [0.05, 0.1) is 0 Å². The smallest absolute Gasteiger partial charge is 0.261 e. The summed E-state index contributed by atoms with van der Waals surface area (Å²) in [6.07, 6.45) is -3.45. The van der Waals surface area contributed by atoms with Crippen LogP contribution in [0.15, 0.2) is 30.5 Å². The van der Waals surface area contributed by atoms with E-state index in [0.29, 0.717) is 17.8 Å². The topological polar surface area (TPSA) is 12.9 Å². The lowest BCUT2D eigenvalue weighted by Crippen LogP contribution is -2.12. The first-order valence-electron chi connectivity index (χ1n) is 5.74. The molecule has 0 unspecified atom stereocenters. The summed E-state index contributed by atoms with van der Waals surface area (Å²) in [6, 6.07) is 4.83. The molecule has 0 amide bonds. The number of hydrogen-bond donors (Lipinski definition) is 0. The molecular formula is C14H10F5N. The molecule has 0 radical (unpaired) electrons. The van der Waals surface area contributed by atoms with Crippen molar-refractivity contribution < 1.29 is 22.0 Å². The van der Waals surface area contributed by atoms with Gasteiger partial charge < -0.3 is 0 Å². The molecule has 0 fully saturated rings. The molecule has 2 aromatic rings. The summed E-state index contributed by atoms with van der Waals surface area (Å²) in [6.45, 7) is 1.82. The molecule has 1 aromatic heterocycles. The van der Waals surface area contributed by atoms with Crippen molar-refractivity contribution in [2.45, 2.75) is 19.5 Å². The number of nitrogens with zero attached hydrogens (tertiary/aromatic N) is 1. The monoisotopic (exact) mass is 287 g/mol. The number of aromatic nitrogens is 1. The quantitative estimate of drug-likeness (QED) is 0.751. The fourth-order valence-electron chi connectivity index (χ4n) is 1.90. The van der Waals surface area contributed by atoms with E-state index < -0.39 is 23.4 Å². The zero-order valence-corrected chi connectivity index (χ0v) is 10.4. The lowest BCUT2D eigenvalue weighted by molar-refractivity contribution is -0.142. The highest BCUT2D eigenvalue weighted by molar-refractivity contribution is 5.31. The number of alkyl halides is 3. The Morgan fingerprint density at radius 2 is 1.65 bits per heavy atom. The Morgan fingerprint density at radius 3 is 2.15 bits per heavy atom. The average Bonchev–Trinajstić information content (AvgIpc) is 2.25. The lowest BCUT2D eigenvalue weighted by Gasteiger charge is -2.11. The predicted molar refractivity (Wildman–Crippen MR) is 63.1 cm³/mol. The Bertz CT molecular complexity index is 611.